The molecule has 7 nitrogen and oxygen atoms in total. The smallest absolute Gasteiger partial charge is 0.326 e. The highest BCUT2D eigenvalue weighted by molar-refractivity contribution is 8.00. The number of carbonyl (C=O) groups is 2. The van der Waals surface area contributed by atoms with Gasteiger partial charge in [-0.05, 0) is 37.6 Å². The summed E-state index contributed by atoms with van der Waals surface area (Å²) in [4.78, 5) is 31.3. The number of aromatic nitrogens is 2. The maximum absolute atomic E-state index is 13.8. The third-order valence-corrected chi connectivity index (χ3v) is 5.67. The summed E-state index contributed by atoms with van der Waals surface area (Å²) in [5.74, 6) is -0.587. The number of rotatable bonds is 5. The lowest BCUT2D eigenvalue weighted by molar-refractivity contribution is -0.148. The number of carbonyl (C=O) groups excluding carboxylic acids is 2. The number of aryl methyl sites for hydroxylation is 1. The van der Waals surface area contributed by atoms with Gasteiger partial charge >= 0.3 is 5.97 Å². The number of hydrogen-bond donors (Lipinski definition) is 0. The third kappa shape index (κ3) is 4.06. The van der Waals surface area contributed by atoms with E-state index in [0.29, 0.717) is 16.8 Å². The van der Waals surface area contributed by atoms with E-state index in [0.717, 1.165) is 4.90 Å². The lowest BCUT2D eigenvalue weighted by Crippen LogP contribution is -2.40. The summed E-state index contributed by atoms with van der Waals surface area (Å²) in [7, 11) is 0. The highest BCUT2D eigenvalue weighted by Crippen LogP contribution is 2.35. The number of esters is 1. The Hall–Kier alpha value is -3.20. The molecule has 0 spiro atoms. The van der Waals surface area contributed by atoms with E-state index in [1.54, 1.807) is 32.0 Å². The van der Waals surface area contributed by atoms with E-state index in [1.165, 1.54) is 22.7 Å². The summed E-state index contributed by atoms with van der Waals surface area (Å²) in [6.07, 6.45) is -0.821. The minimum Gasteiger partial charge on any atom is -0.451 e. The van der Waals surface area contributed by atoms with Crippen LogP contribution in [0.2, 0.25) is 0 Å². The standard InChI is InChI=1S/C21H18FN3O4S/c1-12-7-8-14(9-15(12)22)20-23-21(29-24-20)13(2)28-19(27)10-25-16-5-3-4-6-17(16)30-11-18(25)26/h3-9,13H,10-11H2,1-2H3. The van der Waals surface area contributed by atoms with Gasteiger partial charge in [0.15, 0.2) is 6.10 Å². The number of fused-ring (bicyclic) bond motifs is 1. The number of amides is 1. The van der Waals surface area contributed by atoms with Crippen LogP contribution in [0.25, 0.3) is 11.4 Å². The van der Waals surface area contributed by atoms with E-state index < -0.39 is 12.1 Å². The van der Waals surface area contributed by atoms with Gasteiger partial charge < -0.3 is 9.26 Å². The van der Waals surface area contributed by atoms with Gasteiger partial charge in [-0.3, -0.25) is 14.5 Å². The van der Waals surface area contributed by atoms with Gasteiger partial charge in [0, 0.05) is 10.5 Å². The van der Waals surface area contributed by atoms with Crippen LogP contribution in [0, 0.1) is 12.7 Å². The van der Waals surface area contributed by atoms with E-state index in [4.69, 9.17) is 9.26 Å². The second-order valence-corrected chi connectivity index (χ2v) is 7.81. The summed E-state index contributed by atoms with van der Waals surface area (Å²) in [6, 6.07) is 12.0. The van der Waals surface area contributed by atoms with Gasteiger partial charge in [0.1, 0.15) is 12.4 Å². The average Bonchev–Trinajstić information content (AvgIpc) is 3.23. The number of para-hydroxylation sites is 1. The molecule has 0 fully saturated rings. The van der Waals surface area contributed by atoms with Crippen molar-refractivity contribution >= 4 is 29.3 Å². The predicted molar refractivity (Wildman–Crippen MR) is 108 cm³/mol. The van der Waals surface area contributed by atoms with Crippen LogP contribution in [0.15, 0.2) is 51.9 Å². The fourth-order valence-corrected chi connectivity index (χ4v) is 3.93. The third-order valence-electron chi connectivity index (χ3n) is 4.62. The van der Waals surface area contributed by atoms with Crippen molar-refractivity contribution in [3.05, 3.63) is 59.7 Å². The molecular formula is C21H18FN3O4S. The Balaban J connectivity index is 1.44. The van der Waals surface area contributed by atoms with Gasteiger partial charge in [-0.1, -0.05) is 29.4 Å². The molecule has 0 aliphatic carbocycles. The van der Waals surface area contributed by atoms with Crippen LogP contribution < -0.4 is 4.90 Å². The summed E-state index contributed by atoms with van der Waals surface area (Å²) >= 11 is 1.44. The molecule has 3 aromatic rings. The molecule has 9 heteroatoms. The number of hydrogen-bond acceptors (Lipinski definition) is 7. The molecule has 0 saturated heterocycles. The first-order chi connectivity index (χ1) is 14.4. The lowest BCUT2D eigenvalue weighted by atomic mass is 10.1. The molecule has 2 aromatic carbocycles. The van der Waals surface area contributed by atoms with E-state index in [-0.39, 0.29) is 35.7 Å². The minimum absolute atomic E-state index is 0.0836. The molecule has 4 rings (SSSR count). The van der Waals surface area contributed by atoms with Gasteiger partial charge in [-0.25, -0.2) is 4.39 Å². The van der Waals surface area contributed by atoms with Crippen molar-refractivity contribution in [1.29, 1.82) is 0 Å². The number of anilines is 1. The Kier molecular flexibility index (Phi) is 5.54. The Morgan fingerprint density at radius 1 is 1.33 bits per heavy atom. The molecule has 0 N–H and O–H groups in total. The molecule has 30 heavy (non-hydrogen) atoms. The van der Waals surface area contributed by atoms with Crippen molar-refractivity contribution in [3.63, 3.8) is 0 Å². The molecule has 1 aliphatic rings. The maximum Gasteiger partial charge on any atom is 0.326 e. The van der Waals surface area contributed by atoms with Crippen LogP contribution in [0.3, 0.4) is 0 Å². The quantitative estimate of drug-likeness (QED) is 0.571. The Morgan fingerprint density at radius 3 is 2.93 bits per heavy atom. The molecule has 1 aliphatic heterocycles. The van der Waals surface area contributed by atoms with Gasteiger partial charge in [0.05, 0.1) is 11.4 Å². The second kappa shape index (κ2) is 8.27. The summed E-state index contributed by atoms with van der Waals surface area (Å²) in [5.41, 5.74) is 1.65. The number of benzene rings is 2. The van der Waals surface area contributed by atoms with Crippen molar-refractivity contribution in [1.82, 2.24) is 10.1 Å². The van der Waals surface area contributed by atoms with Crippen molar-refractivity contribution < 1.29 is 23.2 Å². The largest absolute Gasteiger partial charge is 0.451 e. The SMILES string of the molecule is Cc1ccc(-c2noc(C(C)OC(=O)CN3C(=O)CSc4ccccc43)n2)cc1F. The molecule has 1 unspecified atom stereocenters. The molecule has 1 atom stereocenters. The van der Waals surface area contributed by atoms with Crippen LogP contribution in [-0.2, 0) is 14.3 Å². The molecule has 0 saturated carbocycles. The zero-order chi connectivity index (χ0) is 21.3. The Labute approximate surface area is 176 Å². The normalized spacial score (nSPS) is 14.4. The van der Waals surface area contributed by atoms with Crippen molar-refractivity contribution in [2.75, 3.05) is 17.2 Å². The number of nitrogens with zero attached hydrogens (tertiary/aromatic N) is 3. The number of ether oxygens (including phenoxy) is 1. The average molecular weight is 427 g/mol. The van der Waals surface area contributed by atoms with Gasteiger partial charge in [-0.15, -0.1) is 11.8 Å². The number of thioether (sulfide) groups is 1. The zero-order valence-electron chi connectivity index (χ0n) is 16.3. The fraction of sp³-hybridized carbons (Fsp3) is 0.238. The topological polar surface area (TPSA) is 85.5 Å². The zero-order valence-corrected chi connectivity index (χ0v) is 17.1. The monoisotopic (exact) mass is 427 g/mol. The Bertz CT molecular complexity index is 1120. The summed E-state index contributed by atoms with van der Waals surface area (Å²) in [6.45, 7) is 3.03. The van der Waals surface area contributed by atoms with E-state index >= 15 is 0 Å². The van der Waals surface area contributed by atoms with E-state index in [2.05, 4.69) is 10.1 Å². The maximum atomic E-state index is 13.8. The molecule has 0 bridgehead atoms. The van der Waals surface area contributed by atoms with Gasteiger partial charge in [-0.2, -0.15) is 4.98 Å². The first-order valence-electron chi connectivity index (χ1n) is 9.24. The summed E-state index contributed by atoms with van der Waals surface area (Å²) in [5, 5.41) is 3.83. The first-order valence-corrected chi connectivity index (χ1v) is 10.2. The van der Waals surface area contributed by atoms with E-state index in [9.17, 15) is 14.0 Å². The Morgan fingerprint density at radius 2 is 2.13 bits per heavy atom. The van der Waals surface area contributed by atoms with Gasteiger partial charge in [0.25, 0.3) is 5.89 Å². The van der Waals surface area contributed by atoms with Crippen molar-refractivity contribution in [3.8, 4) is 11.4 Å². The summed E-state index contributed by atoms with van der Waals surface area (Å²) < 4.78 is 24.3. The molecule has 2 heterocycles. The van der Waals surface area contributed by atoms with Crippen LogP contribution >= 0.6 is 11.8 Å². The lowest BCUT2D eigenvalue weighted by Gasteiger charge is -2.28. The minimum atomic E-state index is -0.821. The molecule has 0 radical (unpaired) electrons. The molecular weight excluding hydrogens is 409 g/mol. The van der Waals surface area contributed by atoms with E-state index in [1.807, 2.05) is 18.2 Å². The van der Waals surface area contributed by atoms with Crippen molar-refractivity contribution in [2.45, 2.75) is 24.8 Å². The molecule has 154 valence electrons. The van der Waals surface area contributed by atoms with Crippen molar-refractivity contribution in [2.24, 2.45) is 0 Å². The number of halogens is 1. The highest BCUT2D eigenvalue weighted by atomic mass is 32.2. The predicted octanol–water partition coefficient (Wildman–Crippen LogP) is 3.93. The molecule has 1 aromatic heterocycles. The van der Waals surface area contributed by atoms with Gasteiger partial charge in [0.2, 0.25) is 11.7 Å². The first kappa shape index (κ1) is 20.1. The van der Waals surface area contributed by atoms with Crippen LogP contribution in [0.4, 0.5) is 10.1 Å². The highest BCUT2D eigenvalue weighted by Gasteiger charge is 2.28. The van der Waals surface area contributed by atoms with Crippen LogP contribution in [0.5, 0.6) is 0 Å². The fourth-order valence-electron chi connectivity index (χ4n) is 2.99. The van der Waals surface area contributed by atoms with Crippen LogP contribution in [0.1, 0.15) is 24.5 Å². The molecule has 1 amide bonds. The van der Waals surface area contributed by atoms with Crippen LogP contribution in [-0.4, -0.2) is 34.3 Å². The second-order valence-electron chi connectivity index (χ2n) is 6.79.